The van der Waals surface area contributed by atoms with Gasteiger partial charge in [-0.25, -0.2) is 0 Å². The molecule has 0 aliphatic heterocycles. The Morgan fingerprint density at radius 2 is 2.00 bits per heavy atom. The van der Waals surface area contributed by atoms with Crippen molar-refractivity contribution >= 4 is 11.6 Å². The second-order valence-electron chi connectivity index (χ2n) is 5.04. The van der Waals surface area contributed by atoms with Crippen molar-refractivity contribution in [2.75, 3.05) is 0 Å². The Bertz CT molecular complexity index is 591. The van der Waals surface area contributed by atoms with E-state index in [1.165, 1.54) is 11.1 Å². The average Bonchev–Trinajstić information content (AvgIpc) is 2.34. The Hall–Kier alpha value is -1.31. The fourth-order valence-electron chi connectivity index (χ4n) is 2.67. The highest BCUT2D eigenvalue weighted by molar-refractivity contribution is 6.31. The quantitative estimate of drug-likeness (QED) is 0.865. The van der Waals surface area contributed by atoms with Crippen LogP contribution in [0.2, 0.25) is 5.02 Å². The topological polar surface area (TPSA) is 26.0 Å². The molecular formula is C16H16ClN. The molecule has 0 fully saturated rings. The predicted octanol–water partition coefficient (Wildman–Crippen LogP) is 3.99. The number of halogens is 1. The average molecular weight is 258 g/mol. The highest BCUT2D eigenvalue weighted by atomic mass is 35.5. The van der Waals surface area contributed by atoms with Crippen molar-refractivity contribution in [3.8, 4) is 0 Å². The molecule has 0 saturated carbocycles. The zero-order valence-electron chi connectivity index (χ0n) is 10.4. The van der Waals surface area contributed by atoms with Crippen LogP contribution >= 0.6 is 11.6 Å². The molecular weight excluding hydrogens is 242 g/mol. The standard InChI is InChI=1S/C16H16ClN/c1-10-6-7-12(9-15(10)17)16(18)14-8-11-4-2-3-5-13(11)14/h2-7,9,14,16H,8,18H2,1H3. The summed E-state index contributed by atoms with van der Waals surface area (Å²) in [7, 11) is 0. The Balaban J connectivity index is 1.88. The van der Waals surface area contributed by atoms with Crippen molar-refractivity contribution in [3.63, 3.8) is 0 Å². The smallest absolute Gasteiger partial charge is 0.0438 e. The van der Waals surface area contributed by atoms with Crippen LogP contribution in [-0.2, 0) is 6.42 Å². The van der Waals surface area contributed by atoms with E-state index in [9.17, 15) is 0 Å². The van der Waals surface area contributed by atoms with Gasteiger partial charge in [-0.15, -0.1) is 0 Å². The van der Waals surface area contributed by atoms with E-state index in [4.69, 9.17) is 17.3 Å². The highest BCUT2D eigenvalue weighted by Crippen LogP contribution is 2.42. The maximum atomic E-state index is 6.38. The van der Waals surface area contributed by atoms with E-state index in [-0.39, 0.29) is 6.04 Å². The summed E-state index contributed by atoms with van der Waals surface area (Å²) in [5.41, 5.74) is 11.4. The summed E-state index contributed by atoms with van der Waals surface area (Å²) < 4.78 is 0. The molecule has 18 heavy (non-hydrogen) atoms. The van der Waals surface area contributed by atoms with Crippen LogP contribution in [0.1, 0.15) is 34.2 Å². The van der Waals surface area contributed by atoms with Crippen molar-refractivity contribution < 1.29 is 0 Å². The largest absolute Gasteiger partial charge is 0.323 e. The van der Waals surface area contributed by atoms with Gasteiger partial charge in [0.15, 0.2) is 0 Å². The van der Waals surface area contributed by atoms with Crippen molar-refractivity contribution in [2.45, 2.75) is 25.3 Å². The summed E-state index contributed by atoms with van der Waals surface area (Å²) in [6.45, 7) is 2.01. The number of hydrogen-bond donors (Lipinski definition) is 1. The van der Waals surface area contributed by atoms with Gasteiger partial charge < -0.3 is 5.73 Å². The lowest BCUT2D eigenvalue weighted by Crippen LogP contribution is -2.28. The first-order valence-electron chi connectivity index (χ1n) is 6.26. The molecule has 2 aromatic rings. The molecule has 0 heterocycles. The molecule has 2 heteroatoms. The zero-order chi connectivity index (χ0) is 12.7. The van der Waals surface area contributed by atoms with E-state index < -0.39 is 0 Å². The van der Waals surface area contributed by atoms with Crippen molar-refractivity contribution in [3.05, 3.63) is 69.7 Å². The number of nitrogens with two attached hydrogens (primary N) is 1. The van der Waals surface area contributed by atoms with E-state index in [2.05, 4.69) is 30.3 Å². The third-order valence-electron chi connectivity index (χ3n) is 3.91. The Labute approximate surface area is 113 Å². The van der Waals surface area contributed by atoms with Crippen molar-refractivity contribution in [2.24, 2.45) is 5.73 Å². The third-order valence-corrected chi connectivity index (χ3v) is 4.32. The Kier molecular flexibility index (Phi) is 2.89. The molecule has 3 rings (SSSR count). The first kappa shape index (κ1) is 11.8. The molecule has 2 atom stereocenters. The van der Waals surface area contributed by atoms with Gasteiger partial charge in [0, 0.05) is 17.0 Å². The fraction of sp³-hybridized carbons (Fsp3) is 0.250. The summed E-state index contributed by atoms with van der Waals surface area (Å²) in [4.78, 5) is 0. The summed E-state index contributed by atoms with van der Waals surface area (Å²) in [6.07, 6.45) is 1.07. The number of benzene rings is 2. The Morgan fingerprint density at radius 3 is 2.72 bits per heavy atom. The monoisotopic (exact) mass is 257 g/mol. The fourth-order valence-corrected chi connectivity index (χ4v) is 2.86. The lowest BCUT2D eigenvalue weighted by atomic mass is 9.72. The molecule has 0 aromatic heterocycles. The minimum absolute atomic E-state index is 0.0398. The van der Waals surface area contributed by atoms with Gasteiger partial charge in [0.25, 0.3) is 0 Å². The zero-order valence-corrected chi connectivity index (χ0v) is 11.1. The van der Waals surface area contributed by atoms with Gasteiger partial charge in [-0.1, -0.05) is 48.0 Å². The highest BCUT2D eigenvalue weighted by Gasteiger charge is 2.31. The van der Waals surface area contributed by atoms with Crippen LogP contribution in [0.15, 0.2) is 42.5 Å². The third kappa shape index (κ3) is 1.84. The maximum Gasteiger partial charge on any atom is 0.0438 e. The molecule has 0 radical (unpaired) electrons. The van der Waals surface area contributed by atoms with Gasteiger partial charge in [-0.3, -0.25) is 0 Å². The van der Waals surface area contributed by atoms with Crippen LogP contribution in [0, 0.1) is 6.92 Å². The van der Waals surface area contributed by atoms with Crippen molar-refractivity contribution in [1.82, 2.24) is 0 Å². The van der Waals surface area contributed by atoms with Crippen LogP contribution in [0.4, 0.5) is 0 Å². The van der Waals surface area contributed by atoms with Crippen molar-refractivity contribution in [1.29, 1.82) is 0 Å². The number of rotatable bonds is 2. The van der Waals surface area contributed by atoms with E-state index in [0.717, 1.165) is 22.6 Å². The number of fused-ring (bicyclic) bond motifs is 1. The van der Waals surface area contributed by atoms with E-state index in [1.54, 1.807) is 0 Å². The van der Waals surface area contributed by atoms with Crippen LogP contribution in [0.3, 0.4) is 0 Å². The van der Waals surface area contributed by atoms with E-state index in [1.807, 2.05) is 19.1 Å². The normalized spacial score (nSPS) is 18.9. The molecule has 0 amide bonds. The molecule has 2 unspecified atom stereocenters. The molecule has 1 nitrogen and oxygen atoms in total. The van der Waals surface area contributed by atoms with E-state index >= 15 is 0 Å². The summed E-state index contributed by atoms with van der Waals surface area (Å²) in [5.74, 6) is 0.431. The lowest BCUT2D eigenvalue weighted by Gasteiger charge is -2.35. The van der Waals surface area contributed by atoms with Gasteiger partial charge in [-0.2, -0.15) is 0 Å². The summed E-state index contributed by atoms with van der Waals surface area (Å²) in [6, 6.07) is 14.7. The Morgan fingerprint density at radius 1 is 1.22 bits per heavy atom. The molecule has 0 saturated heterocycles. The number of hydrogen-bond acceptors (Lipinski definition) is 1. The SMILES string of the molecule is Cc1ccc(C(N)C2Cc3ccccc32)cc1Cl. The minimum atomic E-state index is 0.0398. The van der Waals surface area contributed by atoms with Crippen LogP contribution in [0.25, 0.3) is 0 Å². The molecule has 2 aromatic carbocycles. The molecule has 0 spiro atoms. The second-order valence-corrected chi connectivity index (χ2v) is 5.45. The molecule has 2 N–H and O–H groups in total. The van der Waals surface area contributed by atoms with Gasteiger partial charge in [0.05, 0.1) is 0 Å². The van der Waals surface area contributed by atoms with Crippen LogP contribution in [-0.4, -0.2) is 0 Å². The van der Waals surface area contributed by atoms with Gasteiger partial charge in [0.1, 0.15) is 0 Å². The van der Waals surface area contributed by atoms with Crippen LogP contribution in [0.5, 0.6) is 0 Å². The maximum absolute atomic E-state index is 6.38. The van der Waals surface area contributed by atoms with Gasteiger partial charge >= 0.3 is 0 Å². The summed E-state index contributed by atoms with van der Waals surface area (Å²) in [5, 5.41) is 0.801. The first-order chi connectivity index (χ1) is 8.66. The minimum Gasteiger partial charge on any atom is -0.323 e. The molecule has 1 aliphatic rings. The molecule has 92 valence electrons. The van der Waals surface area contributed by atoms with Crippen LogP contribution < -0.4 is 5.73 Å². The molecule has 0 bridgehead atoms. The predicted molar refractivity (Wildman–Crippen MR) is 76.0 cm³/mol. The summed E-state index contributed by atoms with van der Waals surface area (Å²) >= 11 is 6.17. The lowest BCUT2D eigenvalue weighted by molar-refractivity contribution is 0.500. The van der Waals surface area contributed by atoms with Gasteiger partial charge in [0.2, 0.25) is 0 Å². The first-order valence-corrected chi connectivity index (χ1v) is 6.64. The molecule has 1 aliphatic carbocycles. The van der Waals surface area contributed by atoms with Gasteiger partial charge in [-0.05, 0) is 41.7 Å². The second kappa shape index (κ2) is 4.42. The number of aryl methyl sites for hydroxylation is 1. The van der Waals surface area contributed by atoms with E-state index in [0.29, 0.717) is 5.92 Å².